The van der Waals surface area contributed by atoms with Crippen LogP contribution in [-0.2, 0) is 14.3 Å². The second-order valence-electron chi connectivity index (χ2n) is 4.29. The highest BCUT2D eigenvalue weighted by Gasteiger charge is 2.19. The van der Waals surface area contributed by atoms with Crippen molar-refractivity contribution in [2.24, 2.45) is 0 Å². The van der Waals surface area contributed by atoms with Crippen molar-refractivity contribution in [3.63, 3.8) is 0 Å². The molecule has 100 valence electrons. The lowest BCUT2D eigenvalue weighted by Crippen LogP contribution is -2.10. The maximum atomic E-state index is 12.1. The van der Waals surface area contributed by atoms with Crippen LogP contribution in [-0.4, -0.2) is 13.4 Å². The Labute approximate surface area is 113 Å². The van der Waals surface area contributed by atoms with E-state index in [0.717, 1.165) is 11.1 Å². The lowest BCUT2D eigenvalue weighted by molar-refractivity contribution is 0.233. The number of hydrogen-bond acceptors (Lipinski definition) is 4. The number of aryl methyl sites for hydroxylation is 1. The molecule has 2 rings (SSSR count). The van der Waals surface area contributed by atoms with Crippen LogP contribution >= 0.6 is 0 Å². The Hall–Kier alpha value is -1.72. The standard InChI is InChI=1S/C14H15NO3S/c1-11-5-7-14(8-6-11)19(16,17)18-12(2)13-4-3-9-15-10-13/h3-10,12H,1-2H3. The van der Waals surface area contributed by atoms with Crippen LogP contribution in [0.15, 0.2) is 53.7 Å². The predicted octanol–water partition coefficient (Wildman–Crippen LogP) is 2.86. The van der Waals surface area contributed by atoms with E-state index in [1.165, 1.54) is 0 Å². The predicted molar refractivity (Wildman–Crippen MR) is 72.1 cm³/mol. The summed E-state index contributed by atoms with van der Waals surface area (Å²) < 4.78 is 29.4. The van der Waals surface area contributed by atoms with Gasteiger partial charge in [-0.1, -0.05) is 23.8 Å². The summed E-state index contributed by atoms with van der Waals surface area (Å²) in [5.41, 5.74) is 1.72. The first kappa shape index (κ1) is 13.7. The second kappa shape index (κ2) is 5.50. The Morgan fingerprint density at radius 3 is 2.42 bits per heavy atom. The lowest BCUT2D eigenvalue weighted by atomic mass is 10.2. The van der Waals surface area contributed by atoms with E-state index in [-0.39, 0.29) is 4.90 Å². The molecule has 0 aliphatic rings. The quantitative estimate of drug-likeness (QED) is 0.806. The number of rotatable bonds is 4. The van der Waals surface area contributed by atoms with E-state index in [9.17, 15) is 8.42 Å². The zero-order chi connectivity index (χ0) is 13.9. The van der Waals surface area contributed by atoms with Crippen molar-refractivity contribution >= 4 is 10.1 Å². The molecule has 1 aromatic heterocycles. The van der Waals surface area contributed by atoms with Crippen LogP contribution in [0.4, 0.5) is 0 Å². The summed E-state index contributed by atoms with van der Waals surface area (Å²) in [7, 11) is -3.75. The molecule has 1 unspecified atom stereocenters. The average molecular weight is 277 g/mol. The largest absolute Gasteiger partial charge is 0.297 e. The Balaban J connectivity index is 2.20. The molecule has 0 bridgehead atoms. The topological polar surface area (TPSA) is 56.3 Å². The van der Waals surface area contributed by atoms with Gasteiger partial charge in [0, 0.05) is 18.0 Å². The van der Waals surface area contributed by atoms with Crippen LogP contribution in [0.1, 0.15) is 24.2 Å². The first-order chi connectivity index (χ1) is 8.99. The molecule has 0 aliphatic heterocycles. The molecule has 0 saturated heterocycles. The Kier molecular flexibility index (Phi) is 3.97. The van der Waals surface area contributed by atoms with E-state index in [1.807, 2.05) is 6.92 Å². The van der Waals surface area contributed by atoms with Crippen LogP contribution in [0.5, 0.6) is 0 Å². The monoisotopic (exact) mass is 277 g/mol. The van der Waals surface area contributed by atoms with Gasteiger partial charge in [-0.05, 0) is 32.0 Å². The van der Waals surface area contributed by atoms with Crippen LogP contribution in [0.3, 0.4) is 0 Å². The maximum absolute atomic E-state index is 12.1. The molecular formula is C14H15NO3S. The summed E-state index contributed by atoms with van der Waals surface area (Å²) in [6.45, 7) is 3.58. The van der Waals surface area contributed by atoms with Crippen molar-refractivity contribution in [2.75, 3.05) is 0 Å². The fourth-order valence-corrected chi connectivity index (χ4v) is 2.69. The third kappa shape index (κ3) is 3.39. The molecule has 19 heavy (non-hydrogen) atoms. The number of hydrogen-bond donors (Lipinski definition) is 0. The number of benzene rings is 1. The van der Waals surface area contributed by atoms with Crippen molar-refractivity contribution in [1.29, 1.82) is 0 Å². The average Bonchev–Trinajstić information content (AvgIpc) is 2.40. The minimum atomic E-state index is -3.75. The molecule has 2 aromatic rings. The van der Waals surface area contributed by atoms with Gasteiger partial charge in [0.2, 0.25) is 0 Å². The summed E-state index contributed by atoms with van der Waals surface area (Å²) in [4.78, 5) is 4.11. The Morgan fingerprint density at radius 1 is 1.16 bits per heavy atom. The molecule has 5 heteroatoms. The van der Waals surface area contributed by atoms with Crippen molar-refractivity contribution in [2.45, 2.75) is 24.8 Å². The summed E-state index contributed by atoms with van der Waals surface area (Å²) in [6.07, 6.45) is 2.65. The van der Waals surface area contributed by atoms with E-state index in [1.54, 1.807) is 55.7 Å². The molecule has 1 aromatic carbocycles. The summed E-state index contributed by atoms with van der Waals surface area (Å²) in [5.74, 6) is 0. The number of aromatic nitrogens is 1. The summed E-state index contributed by atoms with van der Waals surface area (Å²) in [6, 6.07) is 10.1. The van der Waals surface area contributed by atoms with Crippen molar-refractivity contribution in [1.82, 2.24) is 4.98 Å². The lowest BCUT2D eigenvalue weighted by Gasteiger charge is -2.13. The van der Waals surface area contributed by atoms with Gasteiger partial charge in [0.25, 0.3) is 10.1 Å². The van der Waals surface area contributed by atoms with Gasteiger partial charge in [0.05, 0.1) is 4.90 Å². The van der Waals surface area contributed by atoms with Crippen LogP contribution < -0.4 is 0 Å². The van der Waals surface area contributed by atoms with Gasteiger partial charge in [0.15, 0.2) is 0 Å². The Bertz CT molecular complexity index is 636. The molecule has 0 saturated carbocycles. The van der Waals surface area contributed by atoms with Gasteiger partial charge < -0.3 is 0 Å². The van der Waals surface area contributed by atoms with E-state index in [2.05, 4.69) is 4.98 Å². The first-order valence-corrected chi connectivity index (χ1v) is 7.30. The maximum Gasteiger partial charge on any atom is 0.297 e. The fraction of sp³-hybridized carbons (Fsp3) is 0.214. The smallest absolute Gasteiger partial charge is 0.264 e. The van der Waals surface area contributed by atoms with Crippen molar-refractivity contribution < 1.29 is 12.6 Å². The fourth-order valence-electron chi connectivity index (χ4n) is 1.62. The SMILES string of the molecule is Cc1ccc(S(=O)(=O)OC(C)c2cccnc2)cc1. The third-order valence-electron chi connectivity index (χ3n) is 2.73. The van der Waals surface area contributed by atoms with Crippen LogP contribution in [0.2, 0.25) is 0 Å². The zero-order valence-corrected chi connectivity index (χ0v) is 11.6. The van der Waals surface area contributed by atoms with Crippen molar-refractivity contribution in [3.05, 3.63) is 59.9 Å². The Morgan fingerprint density at radius 2 is 1.84 bits per heavy atom. The second-order valence-corrected chi connectivity index (χ2v) is 5.86. The highest BCUT2D eigenvalue weighted by Crippen LogP contribution is 2.22. The van der Waals surface area contributed by atoms with Gasteiger partial charge in [0.1, 0.15) is 6.10 Å². The van der Waals surface area contributed by atoms with Crippen LogP contribution in [0.25, 0.3) is 0 Å². The van der Waals surface area contributed by atoms with Crippen molar-refractivity contribution in [3.8, 4) is 0 Å². The van der Waals surface area contributed by atoms with Gasteiger partial charge >= 0.3 is 0 Å². The number of pyridine rings is 1. The molecule has 0 N–H and O–H groups in total. The molecule has 1 atom stereocenters. The molecule has 0 fully saturated rings. The van der Waals surface area contributed by atoms with E-state index >= 15 is 0 Å². The molecular weight excluding hydrogens is 262 g/mol. The molecule has 4 nitrogen and oxygen atoms in total. The first-order valence-electron chi connectivity index (χ1n) is 5.89. The van der Waals surface area contributed by atoms with E-state index in [4.69, 9.17) is 4.18 Å². The third-order valence-corrected chi connectivity index (χ3v) is 4.13. The molecule has 1 heterocycles. The summed E-state index contributed by atoms with van der Waals surface area (Å²) in [5, 5.41) is 0. The molecule has 0 radical (unpaired) electrons. The zero-order valence-electron chi connectivity index (χ0n) is 10.8. The molecule has 0 aliphatic carbocycles. The van der Waals surface area contributed by atoms with Gasteiger partial charge in [-0.25, -0.2) is 0 Å². The minimum Gasteiger partial charge on any atom is -0.264 e. The normalized spacial score (nSPS) is 13.2. The molecule has 0 amide bonds. The highest BCUT2D eigenvalue weighted by atomic mass is 32.2. The number of nitrogens with zero attached hydrogens (tertiary/aromatic N) is 1. The van der Waals surface area contributed by atoms with Gasteiger partial charge in [-0.3, -0.25) is 9.17 Å². The van der Waals surface area contributed by atoms with Gasteiger partial charge in [-0.15, -0.1) is 0 Å². The minimum absolute atomic E-state index is 0.161. The van der Waals surface area contributed by atoms with Gasteiger partial charge in [-0.2, -0.15) is 8.42 Å². The molecule has 0 spiro atoms. The highest BCUT2D eigenvalue weighted by molar-refractivity contribution is 7.86. The van der Waals surface area contributed by atoms with Crippen LogP contribution in [0, 0.1) is 6.92 Å². The van der Waals surface area contributed by atoms with E-state index in [0.29, 0.717) is 0 Å². The van der Waals surface area contributed by atoms with E-state index < -0.39 is 16.2 Å². The summed E-state index contributed by atoms with van der Waals surface area (Å²) >= 11 is 0.